The zero-order valence-electron chi connectivity index (χ0n) is 10.5. The highest BCUT2D eigenvalue weighted by Gasteiger charge is 2.25. The van der Waals surface area contributed by atoms with Crippen molar-refractivity contribution in [2.45, 2.75) is 25.4 Å². The largest absolute Gasteiger partial charge is 0.399 e. The van der Waals surface area contributed by atoms with Crippen molar-refractivity contribution in [3.63, 3.8) is 0 Å². The molecule has 5 heteroatoms. The van der Waals surface area contributed by atoms with Gasteiger partial charge in [-0.3, -0.25) is 4.79 Å². The van der Waals surface area contributed by atoms with Gasteiger partial charge in [0.25, 0.3) is 5.56 Å². The third-order valence-corrected chi connectivity index (χ3v) is 3.25. The fourth-order valence-electron chi connectivity index (χ4n) is 2.01. The van der Waals surface area contributed by atoms with Crippen LogP contribution in [0.3, 0.4) is 0 Å². The summed E-state index contributed by atoms with van der Waals surface area (Å²) in [6.45, 7) is 0.567. The molecule has 3 rings (SSSR count). The number of aromatic nitrogens is 2. The SMILES string of the molecule is Nc1ccc(CNc2nccn(C3CC3)c2=O)cc1. The number of nitrogens with one attached hydrogen (secondary N) is 1. The predicted octanol–water partition coefficient (Wildman–Crippen LogP) is 1.77. The Morgan fingerprint density at radius 1 is 1.32 bits per heavy atom. The molecule has 19 heavy (non-hydrogen) atoms. The Labute approximate surface area is 111 Å². The number of hydrogen-bond acceptors (Lipinski definition) is 4. The van der Waals surface area contributed by atoms with Crippen LogP contribution in [0.1, 0.15) is 24.4 Å². The summed E-state index contributed by atoms with van der Waals surface area (Å²) in [5, 5.41) is 3.09. The van der Waals surface area contributed by atoms with E-state index in [0.717, 1.165) is 24.1 Å². The Bertz CT molecular complexity index is 629. The van der Waals surface area contributed by atoms with E-state index in [2.05, 4.69) is 10.3 Å². The monoisotopic (exact) mass is 256 g/mol. The topological polar surface area (TPSA) is 72.9 Å². The van der Waals surface area contributed by atoms with Crippen molar-refractivity contribution in [1.82, 2.24) is 9.55 Å². The Kier molecular flexibility index (Phi) is 2.95. The van der Waals surface area contributed by atoms with Crippen LogP contribution >= 0.6 is 0 Å². The van der Waals surface area contributed by atoms with E-state index in [-0.39, 0.29) is 5.56 Å². The van der Waals surface area contributed by atoms with Gasteiger partial charge in [-0.15, -0.1) is 0 Å². The quantitative estimate of drug-likeness (QED) is 0.818. The van der Waals surface area contributed by atoms with Gasteiger partial charge in [0.2, 0.25) is 0 Å². The summed E-state index contributed by atoms with van der Waals surface area (Å²) in [6.07, 6.45) is 5.60. The zero-order chi connectivity index (χ0) is 13.2. The summed E-state index contributed by atoms with van der Waals surface area (Å²) < 4.78 is 1.76. The van der Waals surface area contributed by atoms with Gasteiger partial charge >= 0.3 is 0 Å². The number of nitrogens with zero attached hydrogens (tertiary/aromatic N) is 2. The first kappa shape index (κ1) is 11.8. The van der Waals surface area contributed by atoms with E-state index < -0.39 is 0 Å². The minimum Gasteiger partial charge on any atom is -0.399 e. The smallest absolute Gasteiger partial charge is 0.293 e. The Morgan fingerprint density at radius 3 is 2.74 bits per heavy atom. The normalized spacial score (nSPS) is 14.3. The van der Waals surface area contributed by atoms with E-state index >= 15 is 0 Å². The number of anilines is 2. The first-order chi connectivity index (χ1) is 9.24. The molecule has 0 atom stereocenters. The molecule has 1 fully saturated rings. The third-order valence-electron chi connectivity index (χ3n) is 3.25. The van der Waals surface area contributed by atoms with Crippen molar-refractivity contribution in [2.24, 2.45) is 0 Å². The molecule has 0 radical (unpaired) electrons. The van der Waals surface area contributed by atoms with Crippen molar-refractivity contribution in [2.75, 3.05) is 11.1 Å². The highest BCUT2D eigenvalue weighted by molar-refractivity contribution is 5.41. The Morgan fingerprint density at radius 2 is 2.05 bits per heavy atom. The van der Waals surface area contributed by atoms with Crippen molar-refractivity contribution in [3.8, 4) is 0 Å². The van der Waals surface area contributed by atoms with Gasteiger partial charge in [-0.25, -0.2) is 4.98 Å². The predicted molar refractivity (Wildman–Crippen MR) is 74.9 cm³/mol. The molecular weight excluding hydrogens is 240 g/mol. The molecule has 0 amide bonds. The van der Waals surface area contributed by atoms with E-state index in [0.29, 0.717) is 18.4 Å². The van der Waals surface area contributed by atoms with Gasteiger partial charge in [0.1, 0.15) is 0 Å². The van der Waals surface area contributed by atoms with Crippen LogP contribution in [0.2, 0.25) is 0 Å². The summed E-state index contributed by atoms with van der Waals surface area (Å²) in [4.78, 5) is 16.3. The molecular formula is C14H16N4O. The Hall–Kier alpha value is -2.30. The molecule has 1 saturated carbocycles. The average Bonchev–Trinajstić information content (AvgIpc) is 3.24. The highest BCUT2D eigenvalue weighted by Crippen LogP contribution is 2.33. The van der Waals surface area contributed by atoms with Crippen molar-refractivity contribution >= 4 is 11.5 Å². The third kappa shape index (κ3) is 2.59. The minimum atomic E-state index is -0.0413. The van der Waals surface area contributed by atoms with E-state index in [1.54, 1.807) is 17.0 Å². The maximum Gasteiger partial charge on any atom is 0.293 e. The Balaban J connectivity index is 1.74. The molecule has 0 saturated heterocycles. The molecule has 1 aromatic carbocycles. The second-order valence-electron chi connectivity index (χ2n) is 4.81. The number of rotatable bonds is 4. The van der Waals surface area contributed by atoms with Crippen LogP contribution in [0, 0.1) is 0 Å². The van der Waals surface area contributed by atoms with Crippen LogP contribution in [-0.2, 0) is 6.54 Å². The van der Waals surface area contributed by atoms with Gasteiger partial charge in [-0.2, -0.15) is 0 Å². The first-order valence-corrected chi connectivity index (χ1v) is 6.39. The molecule has 1 aliphatic rings. The van der Waals surface area contributed by atoms with Gasteiger partial charge in [0, 0.05) is 30.7 Å². The summed E-state index contributed by atoms with van der Waals surface area (Å²) >= 11 is 0. The molecule has 0 bridgehead atoms. The van der Waals surface area contributed by atoms with E-state index in [1.165, 1.54) is 0 Å². The first-order valence-electron chi connectivity index (χ1n) is 6.39. The zero-order valence-corrected chi connectivity index (χ0v) is 10.5. The lowest BCUT2D eigenvalue weighted by atomic mass is 10.2. The minimum absolute atomic E-state index is 0.0413. The maximum atomic E-state index is 12.1. The number of nitrogen functional groups attached to an aromatic ring is 1. The molecule has 0 aliphatic heterocycles. The molecule has 3 N–H and O–H groups in total. The molecule has 2 aromatic rings. The molecule has 1 heterocycles. The molecule has 0 unspecified atom stereocenters. The van der Waals surface area contributed by atoms with Gasteiger partial charge in [-0.05, 0) is 30.5 Å². The van der Waals surface area contributed by atoms with Crippen LogP contribution in [0.25, 0.3) is 0 Å². The van der Waals surface area contributed by atoms with Gasteiger partial charge in [0.05, 0.1) is 0 Å². The van der Waals surface area contributed by atoms with E-state index in [9.17, 15) is 4.79 Å². The molecule has 98 valence electrons. The lowest BCUT2D eigenvalue weighted by Gasteiger charge is -2.08. The highest BCUT2D eigenvalue weighted by atomic mass is 16.1. The number of hydrogen-bond donors (Lipinski definition) is 2. The molecule has 1 aliphatic carbocycles. The average molecular weight is 256 g/mol. The van der Waals surface area contributed by atoms with Crippen LogP contribution in [0.15, 0.2) is 41.5 Å². The molecule has 0 spiro atoms. The molecule has 5 nitrogen and oxygen atoms in total. The van der Waals surface area contributed by atoms with Crippen LogP contribution in [0.5, 0.6) is 0 Å². The van der Waals surface area contributed by atoms with Gasteiger partial charge in [-0.1, -0.05) is 12.1 Å². The van der Waals surface area contributed by atoms with Gasteiger partial charge in [0.15, 0.2) is 5.82 Å². The fourth-order valence-corrected chi connectivity index (χ4v) is 2.01. The van der Waals surface area contributed by atoms with Crippen molar-refractivity contribution in [3.05, 3.63) is 52.6 Å². The van der Waals surface area contributed by atoms with E-state index in [4.69, 9.17) is 5.73 Å². The second-order valence-corrected chi connectivity index (χ2v) is 4.81. The summed E-state index contributed by atoms with van der Waals surface area (Å²) in [7, 11) is 0. The standard InChI is InChI=1S/C14H16N4O/c15-11-3-1-10(2-4-11)9-17-13-14(19)18(8-7-16-13)12-5-6-12/h1-4,7-8,12H,5-6,9,15H2,(H,16,17). The van der Waals surface area contributed by atoms with Gasteiger partial charge < -0.3 is 15.6 Å². The van der Waals surface area contributed by atoms with Crippen molar-refractivity contribution in [1.29, 1.82) is 0 Å². The second kappa shape index (κ2) is 4.76. The number of nitrogens with two attached hydrogens (primary N) is 1. The number of benzene rings is 1. The van der Waals surface area contributed by atoms with Crippen LogP contribution in [-0.4, -0.2) is 9.55 Å². The lowest BCUT2D eigenvalue weighted by molar-refractivity contribution is 0.699. The summed E-state index contributed by atoms with van der Waals surface area (Å²) in [5.74, 6) is 0.409. The maximum absolute atomic E-state index is 12.1. The van der Waals surface area contributed by atoms with Crippen LogP contribution < -0.4 is 16.6 Å². The fraction of sp³-hybridized carbons (Fsp3) is 0.286. The molecule has 1 aromatic heterocycles. The van der Waals surface area contributed by atoms with Crippen LogP contribution in [0.4, 0.5) is 11.5 Å². The van der Waals surface area contributed by atoms with E-state index in [1.807, 2.05) is 24.3 Å². The van der Waals surface area contributed by atoms with Crippen molar-refractivity contribution < 1.29 is 0 Å². The summed E-state index contributed by atoms with van der Waals surface area (Å²) in [5.41, 5.74) is 7.39. The summed E-state index contributed by atoms with van der Waals surface area (Å²) in [6, 6.07) is 7.93. The lowest BCUT2D eigenvalue weighted by Crippen LogP contribution is -2.23.